The van der Waals surface area contributed by atoms with Gasteiger partial charge in [-0.05, 0) is 29.7 Å². The number of phenols is 1. The highest BCUT2D eigenvalue weighted by atomic mass is 16.7. The number of fused-ring (bicyclic) bond motifs is 1. The molecule has 1 aliphatic heterocycles. The standard InChI is InChI=1S/C14H17NO4/c1-9(2)7-15-13(17)4-3-10-5-11(16)14-12(6-10)18-8-19-14/h3-6,9,16H,7-8H2,1-2H3,(H,15,17)/b4-3+. The molecule has 0 bridgehead atoms. The number of amides is 1. The first kappa shape index (κ1) is 13.3. The lowest BCUT2D eigenvalue weighted by Crippen LogP contribution is -2.25. The minimum absolute atomic E-state index is 0.0113. The molecule has 1 amide bonds. The molecule has 5 heteroatoms. The third kappa shape index (κ3) is 3.40. The van der Waals surface area contributed by atoms with Gasteiger partial charge in [-0.3, -0.25) is 4.79 Å². The third-order valence-corrected chi connectivity index (χ3v) is 2.59. The minimum Gasteiger partial charge on any atom is -0.504 e. The van der Waals surface area contributed by atoms with Crippen molar-refractivity contribution in [1.82, 2.24) is 5.32 Å². The molecule has 0 atom stereocenters. The summed E-state index contributed by atoms with van der Waals surface area (Å²) in [5.74, 6) is 1.10. The van der Waals surface area contributed by atoms with E-state index in [9.17, 15) is 9.90 Å². The summed E-state index contributed by atoms with van der Waals surface area (Å²) in [6, 6.07) is 3.24. The molecule has 0 saturated heterocycles. The highest BCUT2D eigenvalue weighted by Crippen LogP contribution is 2.41. The summed E-state index contributed by atoms with van der Waals surface area (Å²) in [6.45, 7) is 4.79. The lowest BCUT2D eigenvalue weighted by atomic mass is 10.1. The monoisotopic (exact) mass is 263 g/mol. The zero-order valence-corrected chi connectivity index (χ0v) is 11.0. The van der Waals surface area contributed by atoms with E-state index in [4.69, 9.17) is 9.47 Å². The Morgan fingerprint density at radius 1 is 1.47 bits per heavy atom. The normalized spacial score (nSPS) is 13.2. The van der Waals surface area contributed by atoms with E-state index in [2.05, 4.69) is 5.32 Å². The van der Waals surface area contributed by atoms with Gasteiger partial charge < -0.3 is 19.9 Å². The molecule has 19 heavy (non-hydrogen) atoms. The van der Waals surface area contributed by atoms with Crippen LogP contribution in [-0.2, 0) is 4.79 Å². The fourth-order valence-corrected chi connectivity index (χ4v) is 1.64. The molecule has 1 heterocycles. The van der Waals surface area contributed by atoms with Crippen molar-refractivity contribution in [3.05, 3.63) is 23.8 Å². The van der Waals surface area contributed by atoms with Gasteiger partial charge in [0, 0.05) is 12.6 Å². The van der Waals surface area contributed by atoms with Crippen LogP contribution in [0.2, 0.25) is 0 Å². The Morgan fingerprint density at radius 3 is 3.00 bits per heavy atom. The van der Waals surface area contributed by atoms with Crippen LogP contribution < -0.4 is 14.8 Å². The minimum atomic E-state index is -0.161. The Bertz CT molecular complexity index is 508. The van der Waals surface area contributed by atoms with E-state index in [0.717, 1.165) is 0 Å². The van der Waals surface area contributed by atoms with Gasteiger partial charge in [0.2, 0.25) is 18.4 Å². The Hall–Kier alpha value is -2.17. The van der Waals surface area contributed by atoms with Crippen LogP contribution in [0.5, 0.6) is 17.2 Å². The number of aromatic hydroxyl groups is 1. The average Bonchev–Trinajstić information content (AvgIpc) is 2.82. The third-order valence-electron chi connectivity index (χ3n) is 2.59. The topological polar surface area (TPSA) is 67.8 Å². The molecular formula is C14H17NO4. The molecule has 1 aromatic rings. The highest BCUT2D eigenvalue weighted by molar-refractivity contribution is 5.91. The molecule has 2 rings (SSSR count). The van der Waals surface area contributed by atoms with Gasteiger partial charge in [0.15, 0.2) is 11.5 Å². The molecule has 2 N–H and O–H groups in total. The van der Waals surface area contributed by atoms with Crippen LogP contribution in [0.25, 0.3) is 6.08 Å². The SMILES string of the molecule is CC(C)CNC(=O)/C=C/c1cc(O)c2c(c1)OCO2. The van der Waals surface area contributed by atoms with Crippen molar-refractivity contribution in [2.75, 3.05) is 13.3 Å². The van der Waals surface area contributed by atoms with E-state index in [1.54, 1.807) is 12.1 Å². The molecule has 0 saturated carbocycles. The van der Waals surface area contributed by atoms with Crippen molar-refractivity contribution >= 4 is 12.0 Å². The number of carbonyl (C=O) groups is 1. The van der Waals surface area contributed by atoms with Gasteiger partial charge in [-0.25, -0.2) is 0 Å². The van der Waals surface area contributed by atoms with Gasteiger partial charge in [0.25, 0.3) is 0 Å². The van der Waals surface area contributed by atoms with Crippen LogP contribution in [0.4, 0.5) is 0 Å². The molecular weight excluding hydrogens is 246 g/mol. The number of benzene rings is 1. The average molecular weight is 263 g/mol. The number of carbonyl (C=O) groups excluding carboxylic acids is 1. The van der Waals surface area contributed by atoms with E-state index in [0.29, 0.717) is 29.5 Å². The maximum absolute atomic E-state index is 11.5. The fourth-order valence-electron chi connectivity index (χ4n) is 1.64. The number of hydrogen-bond acceptors (Lipinski definition) is 4. The van der Waals surface area contributed by atoms with Crippen molar-refractivity contribution in [2.45, 2.75) is 13.8 Å². The quantitative estimate of drug-likeness (QED) is 0.814. The Morgan fingerprint density at radius 2 is 2.26 bits per heavy atom. The van der Waals surface area contributed by atoms with Crippen molar-refractivity contribution in [3.63, 3.8) is 0 Å². The summed E-state index contributed by atoms with van der Waals surface area (Å²) in [5.41, 5.74) is 0.682. The van der Waals surface area contributed by atoms with Gasteiger partial charge in [0.05, 0.1) is 0 Å². The van der Waals surface area contributed by atoms with Crippen LogP contribution >= 0.6 is 0 Å². The first-order valence-electron chi connectivity index (χ1n) is 6.15. The van der Waals surface area contributed by atoms with E-state index >= 15 is 0 Å². The lowest BCUT2D eigenvalue weighted by Gasteiger charge is -2.04. The summed E-state index contributed by atoms with van der Waals surface area (Å²) >= 11 is 0. The Labute approximate surface area is 111 Å². The molecule has 0 aromatic heterocycles. The van der Waals surface area contributed by atoms with Gasteiger partial charge in [-0.15, -0.1) is 0 Å². The van der Waals surface area contributed by atoms with Crippen LogP contribution in [0.15, 0.2) is 18.2 Å². The molecule has 0 unspecified atom stereocenters. The van der Waals surface area contributed by atoms with Crippen molar-refractivity contribution in [3.8, 4) is 17.2 Å². The number of nitrogens with one attached hydrogen (secondary N) is 1. The second kappa shape index (κ2) is 5.65. The molecule has 0 radical (unpaired) electrons. The Balaban J connectivity index is 2.03. The molecule has 0 fully saturated rings. The van der Waals surface area contributed by atoms with Crippen LogP contribution in [0.3, 0.4) is 0 Å². The predicted octanol–water partition coefficient (Wildman–Crippen LogP) is 1.91. The maximum atomic E-state index is 11.5. The number of phenolic OH excluding ortho intramolecular Hbond substituents is 1. The first-order chi connectivity index (χ1) is 9.06. The molecule has 1 aliphatic rings. The van der Waals surface area contributed by atoms with E-state index < -0.39 is 0 Å². The Kier molecular flexibility index (Phi) is 3.94. The van der Waals surface area contributed by atoms with Gasteiger partial charge in [-0.1, -0.05) is 13.8 Å². The van der Waals surface area contributed by atoms with Gasteiger partial charge >= 0.3 is 0 Å². The predicted molar refractivity (Wildman–Crippen MR) is 71.1 cm³/mol. The summed E-state index contributed by atoms with van der Waals surface area (Å²) in [7, 11) is 0. The zero-order chi connectivity index (χ0) is 13.8. The van der Waals surface area contributed by atoms with E-state index in [1.807, 2.05) is 13.8 Å². The number of ether oxygens (including phenoxy) is 2. The molecule has 5 nitrogen and oxygen atoms in total. The lowest BCUT2D eigenvalue weighted by molar-refractivity contribution is -0.116. The fraction of sp³-hybridized carbons (Fsp3) is 0.357. The maximum Gasteiger partial charge on any atom is 0.244 e. The molecule has 0 aliphatic carbocycles. The van der Waals surface area contributed by atoms with Crippen LogP contribution in [0, 0.1) is 5.92 Å². The molecule has 1 aromatic carbocycles. The van der Waals surface area contributed by atoms with Gasteiger partial charge in [0.1, 0.15) is 0 Å². The highest BCUT2D eigenvalue weighted by Gasteiger charge is 2.18. The largest absolute Gasteiger partial charge is 0.504 e. The van der Waals surface area contributed by atoms with E-state index in [1.165, 1.54) is 12.1 Å². The second-order valence-corrected chi connectivity index (χ2v) is 4.75. The smallest absolute Gasteiger partial charge is 0.244 e. The number of hydrogen-bond donors (Lipinski definition) is 2. The molecule has 0 spiro atoms. The zero-order valence-electron chi connectivity index (χ0n) is 11.0. The van der Waals surface area contributed by atoms with Crippen molar-refractivity contribution in [2.24, 2.45) is 5.92 Å². The van der Waals surface area contributed by atoms with Crippen molar-refractivity contribution < 1.29 is 19.4 Å². The number of rotatable bonds is 4. The van der Waals surface area contributed by atoms with Crippen molar-refractivity contribution in [1.29, 1.82) is 0 Å². The van der Waals surface area contributed by atoms with Crippen LogP contribution in [0.1, 0.15) is 19.4 Å². The summed E-state index contributed by atoms with van der Waals surface area (Å²) in [4.78, 5) is 11.5. The second-order valence-electron chi connectivity index (χ2n) is 4.75. The van der Waals surface area contributed by atoms with Crippen LogP contribution in [-0.4, -0.2) is 24.4 Å². The summed E-state index contributed by atoms with van der Waals surface area (Å²) in [5, 5.41) is 12.5. The molecule has 102 valence electrons. The summed E-state index contributed by atoms with van der Waals surface area (Å²) < 4.78 is 10.3. The van der Waals surface area contributed by atoms with Gasteiger partial charge in [-0.2, -0.15) is 0 Å². The summed E-state index contributed by atoms with van der Waals surface area (Å²) in [6.07, 6.45) is 3.05. The first-order valence-corrected chi connectivity index (χ1v) is 6.15. The van der Waals surface area contributed by atoms with E-state index in [-0.39, 0.29) is 18.4 Å².